The number of fused-ring (bicyclic) bond motifs is 1. The highest BCUT2D eigenvalue weighted by Crippen LogP contribution is 2.41. The molecule has 1 aromatic heterocycles. The van der Waals surface area contributed by atoms with Crippen LogP contribution in [0.1, 0.15) is 62.4 Å². The molecule has 3 aromatic rings. The third kappa shape index (κ3) is 7.72. The molecule has 0 bridgehead atoms. The van der Waals surface area contributed by atoms with Crippen LogP contribution >= 0.6 is 23.2 Å². The number of imidazole rings is 1. The van der Waals surface area contributed by atoms with Crippen LogP contribution in [0, 0.1) is 17.3 Å². The first-order valence-corrected chi connectivity index (χ1v) is 16.1. The van der Waals surface area contributed by atoms with E-state index < -0.39 is 42.4 Å². The molecule has 1 saturated carbocycles. The van der Waals surface area contributed by atoms with Gasteiger partial charge in [0.1, 0.15) is 0 Å². The van der Waals surface area contributed by atoms with Crippen LogP contribution in [0.5, 0.6) is 0 Å². The maximum absolute atomic E-state index is 13.9. The summed E-state index contributed by atoms with van der Waals surface area (Å²) in [6.07, 6.45) is -3.54. The average Bonchev–Trinajstić information content (AvgIpc) is 3.28. The van der Waals surface area contributed by atoms with Crippen molar-refractivity contribution in [1.29, 1.82) is 0 Å². The molecule has 1 saturated heterocycles. The van der Waals surface area contributed by atoms with Gasteiger partial charge in [-0.3, -0.25) is 9.59 Å². The van der Waals surface area contributed by atoms with E-state index in [4.69, 9.17) is 23.2 Å². The van der Waals surface area contributed by atoms with Crippen molar-refractivity contribution in [1.82, 2.24) is 20.2 Å². The SMILES string of the molecule is Cn1c(Nc2c(Cl)ccc(CNC(=O)C(C)(C)C)c2Cl)nc2cc(C(=O)NCC3CCC(C(F)(F)F)CC3)c(N3CC(F)(F)C3)cc21. The Balaban J connectivity index is 1.39. The van der Waals surface area contributed by atoms with E-state index in [-0.39, 0.29) is 48.3 Å². The van der Waals surface area contributed by atoms with Gasteiger partial charge >= 0.3 is 6.18 Å². The summed E-state index contributed by atoms with van der Waals surface area (Å²) in [5.41, 5.74) is 1.72. The van der Waals surface area contributed by atoms with E-state index in [0.717, 1.165) is 0 Å². The molecule has 15 heteroatoms. The number of halogens is 7. The highest BCUT2D eigenvalue weighted by Gasteiger charge is 2.45. The van der Waals surface area contributed by atoms with Gasteiger partial charge in [-0.2, -0.15) is 13.2 Å². The molecule has 0 atom stereocenters. The third-order valence-electron chi connectivity index (χ3n) is 8.82. The number of aryl methyl sites for hydroxylation is 1. The molecule has 5 rings (SSSR count). The molecule has 2 fully saturated rings. The molecule has 2 aliphatic rings. The van der Waals surface area contributed by atoms with Gasteiger partial charge in [-0.25, -0.2) is 13.8 Å². The Labute approximate surface area is 279 Å². The summed E-state index contributed by atoms with van der Waals surface area (Å²) >= 11 is 13.2. The van der Waals surface area contributed by atoms with Gasteiger partial charge in [-0.15, -0.1) is 0 Å². The number of anilines is 3. The zero-order valence-electron chi connectivity index (χ0n) is 26.4. The van der Waals surface area contributed by atoms with Crippen molar-refractivity contribution in [3.05, 3.63) is 45.4 Å². The maximum atomic E-state index is 13.9. The second kappa shape index (κ2) is 12.9. The summed E-state index contributed by atoms with van der Waals surface area (Å²) in [6.45, 7) is 4.60. The van der Waals surface area contributed by atoms with Crippen molar-refractivity contribution < 1.29 is 31.5 Å². The van der Waals surface area contributed by atoms with E-state index in [9.17, 15) is 31.5 Å². The highest BCUT2D eigenvalue weighted by molar-refractivity contribution is 6.39. The molecule has 2 aromatic carbocycles. The zero-order chi connectivity index (χ0) is 34.5. The lowest BCUT2D eigenvalue weighted by atomic mass is 9.81. The second-order valence-corrected chi connectivity index (χ2v) is 14.3. The number of nitrogens with zero attached hydrogens (tertiary/aromatic N) is 3. The van der Waals surface area contributed by atoms with Crippen LogP contribution in [0.2, 0.25) is 10.0 Å². The number of amides is 2. The number of hydrogen-bond acceptors (Lipinski definition) is 5. The fourth-order valence-electron chi connectivity index (χ4n) is 5.89. The number of benzene rings is 2. The first kappa shape index (κ1) is 35.0. The second-order valence-electron chi connectivity index (χ2n) is 13.5. The number of rotatable bonds is 8. The van der Waals surface area contributed by atoms with Gasteiger partial charge in [0.25, 0.3) is 11.8 Å². The van der Waals surface area contributed by atoms with Crippen molar-refractivity contribution in [2.75, 3.05) is 29.9 Å². The Morgan fingerprint density at radius 3 is 2.28 bits per heavy atom. The molecule has 8 nitrogen and oxygen atoms in total. The number of hydrogen-bond donors (Lipinski definition) is 3. The molecular formula is C32H37Cl2F5N6O2. The lowest BCUT2D eigenvalue weighted by molar-refractivity contribution is -0.183. The summed E-state index contributed by atoms with van der Waals surface area (Å²) in [7, 11) is 1.71. The third-order valence-corrected chi connectivity index (χ3v) is 9.56. The van der Waals surface area contributed by atoms with Crippen LogP contribution in [0.4, 0.5) is 39.3 Å². The number of aromatic nitrogens is 2. The largest absolute Gasteiger partial charge is 0.391 e. The van der Waals surface area contributed by atoms with Gasteiger partial charge in [-0.05, 0) is 55.4 Å². The fraction of sp³-hybridized carbons (Fsp3) is 0.531. The van der Waals surface area contributed by atoms with E-state index >= 15 is 0 Å². The quantitative estimate of drug-likeness (QED) is 0.208. The predicted molar refractivity (Wildman–Crippen MR) is 173 cm³/mol. The van der Waals surface area contributed by atoms with Crippen LogP contribution < -0.4 is 20.9 Å². The Bertz CT molecular complexity index is 1670. The normalized spacial score (nSPS) is 19.8. The molecule has 1 aliphatic heterocycles. The van der Waals surface area contributed by atoms with Crippen molar-refractivity contribution in [3.8, 4) is 0 Å². The summed E-state index contributed by atoms with van der Waals surface area (Å²) in [6, 6.07) is 6.48. The first-order valence-electron chi connectivity index (χ1n) is 15.3. The molecule has 47 heavy (non-hydrogen) atoms. The van der Waals surface area contributed by atoms with Gasteiger partial charge in [0.15, 0.2) is 0 Å². The molecule has 0 radical (unpaired) electrons. The smallest absolute Gasteiger partial charge is 0.359 e. The summed E-state index contributed by atoms with van der Waals surface area (Å²) in [5.74, 6) is -4.72. The molecule has 0 spiro atoms. The minimum Gasteiger partial charge on any atom is -0.359 e. The molecule has 256 valence electrons. The van der Waals surface area contributed by atoms with Crippen molar-refractivity contribution in [2.45, 2.75) is 65.1 Å². The molecular weight excluding hydrogens is 666 g/mol. The number of carbonyl (C=O) groups is 2. The Hall–Kier alpha value is -3.32. The van der Waals surface area contributed by atoms with Gasteiger partial charge in [0.2, 0.25) is 11.9 Å². The van der Waals surface area contributed by atoms with Crippen LogP contribution in [0.15, 0.2) is 24.3 Å². The van der Waals surface area contributed by atoms with Crippen LogP contribution in [-0.4, -0.2) is 53.1 Å². The standard InChI is InChI=1S/C32H37Cl2F5N6O2/c1-30(2,3)28(47)41-14-18-7-10-21(33)26(25(18)34)43-29-42-22-11-20(23(12-24(22)44(29)4)45-15-31(35,36)16-45)27(46)40-13-17-5-8-19(9-6-17)32(37,38)39/h7,10-12,17,19H,5-6,8-9,13-16H2,1-4H3,(H,40,46)(H,41,47)(H,42,43). The van der Waals surface area contributed by atoms with Crippen molar-refractivity contribution >= 4 is 63.4 Å². The summed E-state index contributed by atoms with van der Waals surface area (Å²) < 4.78 is 68.8. The Morgan fingerprint density at radius 1 is 1.02 bits per heavy atom. The molecule has 3 N–H and O–H groups in total. The van der Waals surface area contributed by atoms with Gasteiger partial charge in [0.05, 0.1) is 57.0 Å². The van der Waals surface area contributed by atoms with Crippen LogP contribution in [-0.2, 0) is 18.4 Å². The summed E-state index contributed by atoms with van der Waals surface area (Å²) in [4.78, 5) is 31.9. The predicted octanol–water partition coefficient (Wildman–Crippen LogP) is 7.84. The van der Waals surface area contributed by atoms with Gasteiger partial charge < -0.3 is 25.4 Å². The minimum atomic E-state index is -4.22. The number of alkyl halides is 5. The molecule has 0 unspecified atom stereocenters. The van der Waals surface area contributed by atoms with E-state index in [1.54, 1.807) is 50.6 Å². The number of nitrogens with one attached hydrogen (secondary N) is 3. The fourth-order valence-corrected chi connectivity index (χ4v) is 6.42. The van der Waals surface area contributed by atoms with Crippen molar-refractivity contribution in [2.24, 2.45) is 24.3 Å². The Kier molecular flexibility index (Phi) is 9.64. The van der Waals surface area contributed by atoms with Crippen LogP contribution in [0.25, 0.3) is 11.0 Å². The van der Waals surface area contributed by atoms with Crippen molar-refractivity contribution in [3.63, 3.8) is 0 Å². The van der Waals surface area contributed by atoms with Crippen LogP contribution in [0.3, 0.4) is 0 Å². The molecule has 2 amide bonds. The van der Waals surface area contributed by atoms with E-state index in [1.165, 1.54) is 11.0 Å². The topological polar surface area (TPSA) is 91.3 Å². The van der Waals surface area contributed by atoms with E-state index in [1.807, 2.05) is 0 Å². The first-order chi connectivity index (χ1) is 21.8. The monoisotopic (exact) mass is 702 g/mol. The lowest BCUT2D eigenvalue weighted by Gasteiger charge is -2.41. The zero-order valence-corrected chi connectivity index (χ0v) is 27.9. The average molecular weight is 704 g/mol. The van der Waals surface area contributed by atoms with Gasteiger partial charge in [0, 0.05) is 25.6 Å². The Morgan fingerprint density at radius 2 is 1.68 bits per heavy atom. The van der Waals surface area contributed by atoms with E-state index in [2.05, 4.69) is 20.9 Å². The van der Waals surface area contributed by atoms with Gasteiger partial charge in [-0.1, -0.05) is 50.0 Å². The van der Waals surface area contributed by atoms with E-state index in [0.29, 0.717) is 51.8 Å². The maximum Gasteiger partial charge on any atom is 0.391 e. The lowest BCUT2D eigenvalue weighted by Crippen LogP contribution is -2.56. The molecule has 1 aliphatic carbocycles. The molecule has 2 heterocycles. The minimum absolute atomic E-state index is 0.0102. The highest BCUT2D eigenvalue weighted by atomic mass is 35.5. The number of carbonyl (C=O) groups excluding carboxylic acids is 2. The summed E-state index contributed by atoms with van der Waals surface area (Å²) in [5, 5.41) is 9.37.